The van der Waals surface area contributed by atoms with Crippen LogP contribution in [0.2, 0.25) is 0 Å². The van der Waals surface area contributed by atoms with Crippen LogP contribution in [0.3, 0.4) is 0 Å². The smallest absolute Gasteiger partial charge is 0.123 e. The van der Waals surface area contributed by atoms with E-state index in [1.54, 1.807) is 13.2 Å². The number of halogens is 2. The Labute approximate surface area is 98.0 Å². The topological polar surface area (TPSA) is 21.3 Å². The first kappa shape index (κ1) is 12.6. The monoisotopic (exact) mass is 275 g/mol. The zero-order valence-electron chi connectivity index (χ0n) is 8.89. The largest absolute Gasteiger partial charge is 0.380 e. The van der Waals surface area contributed by atoms with Crippen molar-refractivity contribution in [2.45, 2.75) is 19.6 Å². The first-order chi connectivity index (χ1) is 7.13. The van der Waals surface area contributed by atoms with E-state index in [-0.39, 0.29) is 11.9 Å². The van der Waals surface area contributed by atoms with Gasteiger partial charge >= 0.3 is 0 Å². The maximum Gasteiger partial charge on any atom is 0.123 e. The highest BCUT2D eigenvalue weighted by molar-refractivity contribution is 9.10. The van der Waals surface area contributed by atoms with Gasteiger partial charge in [0.05, 0.1) is 6.10 Å². The molecule has 2 nitrogen and oxygen atoms in total. The molecule has 0 aliphatic carbocycles. The number of rotatable bonds is 5. The summed E-state index contributed by atoms with van der Waals surface area (Å²) in [7, 11) is 1.67. The molecule has 84 valence electrons. The second-order valence-corrected chi connectivity index (χ2v) is 4.27. The summed E-state index contributed by atoms with van der Waals surface area (Å²) in [5.74, 6) is -0.213. The van der Waals surface area contributed by atoms with Crippen molar-refractivity contribution in [3.8, 4) is 0 Å². The lowest BCUT2D eigenvalue weighted by atomic mass is 10.2. The molecule has 0 spiro atoms. The Bertz CT molecular complexity index is 319. The third-order valence-electron chi connectivity index (χ3n) is 2.16. The van der Waals surface area contributed by atoms with E-state index in [1.165, 1.54) is 12.1 Å². The van der Waals surface area contributed by atoms with Crippen LogP contribution in [0.1, 0.15) is 12.5 Å². The molecule has 0 amide bonds. The average Bonchev–Trinajstić information content (AvgIpc) is 2.23. The van der Waals surface area contributed by atoms with Crippen LogP contribution in [0.4, 0.5) is 4.39 Å². The molecule has 0 aromatic heterocycles. The highest BCUT2D eigenvalue weighted by Crippen LogP contribution is 2.17. The Morgan fingerprint density at radius 1 is 1.53 bits per heavy atom. The van der Waals surface area contributed by atoms with E-state index in [0.29, 0.717) is 6.54 Å². The number of ether oxygens (including phenoxy) is 1. The Hall–Kier alpha value is -0.450. The minimum absolute atomic E-state index is 0.164. The molecule has 4 heteroatoms. The van der Waals surface area contributed by atoms with E-state index in [4.69, 9.17) is 4.74 Å². The van der Waals surface area contributed by atoms with Crippen molar-refractivity contribution in [3.05, 3.63) is 34.1 Å². The first-order valence-corrected chi connectivity index (χ1v) is 5.60. The van der Waals surface area contributed by atoms with Crippen molar-refractivity contribution in [1.82, 2.24) is 5.32 Å². The molecule has 1 aromatic rings. The summed E-state index contributed by atoms with van der Waals surface area (Å²) < 4.78 is 18.9. The number of methoxy groups -OCH3 is 1. The number of hydrogen-bond donors (Lipinski definition) is 1. The maximum absolute atomic E-state index is 12.9. The van der Waals surface area contributed by atoms with Gasteiger partial charge in [0.2, 0.25) is 0 Å². The fourth-order valence-corrected chi connectivity index (χ4v) is 1.56. The number of hydrogen-bond acceptors (Lipinski definition) is 2. The van der Waals surface area contributed by atoms with E-state index in [2.05, 4.69) is 21.2 Å². The maximum atomic E-state index is 12.9. The van der Waals surface area contributed by atoms with Crippen LogP contribution < -0.4 is 5.32 Å². The van der Waals surface area contributed by atoms with E-state index < -0.39 is 0 Å². The summed E-state index contributed by atoms with van der Waals surface area (Å²) in [5, 5.41) is 3.20. The molecule has 1 unspecified atom stereocenters. The molecule has 1 N–H and O–H groups in total. The molecule has 15 heavy (non-hydrogen) atoms. The van der Waals surface area contributed by atoms with Crippen LogP contribution in [0.25, 0.3) is 0 Å². The normalized spacial score (nSPS) is 12.8. The van der Waals surface area contributed by atoms with Crippen LogP contribution in [0, 0.1) is 5.82 Å². The molecule has 0 heterocycles. The fraction of sp³-hybridized carbons (Fsp3) is 0.455. The molecule has 0 aliphatic rings. The lowest BCUT2D eigenvalue weighted by Crippen LogP contribution is -2.25. The average molecular weight is 276 g/mol. The SMILES string of the molecule is COC(C)CNCc1cc(F)ccc1Br. The van der Waals surface area contributed by atoms with E-state index in [0.717, 1.165) is 16.6 Å². The number of benzene rings is 1. The molecule has 0 aliphatic heterocycles. The van der Waals surface area contributed by atoms with Gasteiger partial charge in [0.1, 0.15) is 5.82 Å². The molecular formula is C11H15BrFNO. The van der Waals surface area contributed by atoms with Gasteiger partial charge in [-0.3, -0.25) is 0 Å². The van der Waals surface area contributed by atoms with Gasteiger partial charge < -0.3 is 10.1 Å². The Balaban J connectivity index is 2.46. The predicted octanol–water partition coefficient (Wildman–Crippen LogP) is 2.71. The third kappa shape index (κ3) is 4.28. The van der Waals surface area contributed by atoms with E-state index in [9.17, 15) is 4.39 Å². The minimum atomic E-state index is -0.213. The summed E-state index contributed by atoms with van der Waals surface area (Å²) in [6.07, 6.45) is 0.164. The molecule has 1 atom stereocenters. The lowest BCUT2D eigenvalue weighted by molar-refractivity contribution is 0.117. The van der Waals surface area contributed by atoms with Crippen LogP contribution >= 0.6 is 15.9 Å². The summed E-state index contributed by atoms with van der Waals surface area (Å²) in [4.78, 5) is 0. The van der Waals surface area contributed by atoms with E-state index >= 15 is 0 Å². The minimum Gasteiger partial charge on any atom is -0.380 e. The molecule has 1 aromatic carbocycles. The van der Waals surface area contributed by atoms with Crippen LogP contribution in [0.15, 0.2) is 22.7 Å². The van der Waals surface area contributed by atoms with Crippen molar-refractivity contribution < 1.29 is 9.13 Å². The summed E-state index contributed by atoms with van der Waals surface area (Å²) in [5.41, 5.74) is 0.915. The van der Waals surface area contributed by atoms with Gasteiger partial charge in [0.25, 0.3) is 0 Å². The van der Waals surface area contributed by atoms with Crippen molar-refractivity contribution in [2.24, 2.45) is 0 Å². The highest BCUT2D eigenvalue weighted by atomic mass is 79.9. The van der Waals surface area contributed by atoms with Gasteiger partial charge in [-0.25, -0.2) is 4.39 Å². The molecule has 0 bridgehead atoms. The van der Waals surface area contributed by atoms with E-state index in [1.807, 2.05) is 6.92 Å². The quantitative estimate of drug-likeness (QED) is 0.892. The highest BCUT2D eigenvalue weighted by Gasteiger charge is 2.03. The molecule has 1 rings (SSSR count). The summed E-state index contributed by atoms with van der Waals surface area (Å²) in [6, 6.07) is 4.67. The van der Waals surface area contributed by atoms with Gasteiger partial charge in [-0.15, -0.1) is 0 Å². The van der Waals surface area contributed by atoms with Crippen molar-refractivity contribution in [1.29, 1.82) is 0 Å². The Morgan fingerprint density at radius 3 is 2.93 bits per heavy atom. The molecule has 0 fully saturated rings. The standard InChI is InChI=1S/C11H15BrFNO/c1-8(15-2)6-14-7-9-5-10(13)3-4-11(9)12/h3-5,8,14H,6-7H2,1-2H3. The lowest BCUT2D eigenvalue weighted by Gasteiger charge is -2.11. The molecule has 0 saturated carbocycles. The van der Waals surface area contributed by atoms with Gasteiger partial charge in [-0.1, -0.05) is 15.9 Å². The van der Waals surface area contributed by atoms with Gasteiger partial charge in [0, 0.05) is 24.7 Å². The predicted molar refractivity (Wildman–Crippen MR) is 62.3 cm³/mol. The summed E-state index contributed by atoms with van der Waals surface area (Å²) >= 11 is 3.38. The van der Waals surface area contributed by atoms with Crippen molar-refractivity contribution >= 4 is 15.9 Å². The molecule has 0 saturated heterocycles. The Morgan fingerprint density at radius 2 is 2.27 bits per heavy atom. The fourth-order valence-electron chi connectivity index (χ4n) is 1.17. The van der Waals surface area contributed by atoms with Crippen LogP contribution in [-0.2, 0) is 11.3 Å². The van der Waals surface area contributed by atoms with Crippen LogP contribution in [0.5, 0.6) is 0 Å². The van der Waals surface area contributed by atoms with Crippen LogP contribution in [-0.4, -0.2) is 19.8 Å². The van der Waals surface area contributed by atoms with Gasteiger partial charge in [-0.2, -0.15) is 0 Å². The summed E-state index contributed by atoms with van der Waals surface area (Å²) in [6.45, 7) is 3.36. The third-order valence-corrected chi connectivity index (χ3v) is 2.93. The molecular weight excluding hydrogens is 261 g/mol. The van der Waals surface area contributed by atoms with Gasteiger partial charge in [0.15, 0.2) is 0 Å². The zero-order valence-corrected chi connectivity index (χ0v) is 10.5. The first-order valence-electron chi connectivity index (χ1n) is 4.81. The Kier molecular flexibility index (Phi) is 5.22. The molecule has 0 radical (unpaired) electrons. The number of nitrogens with one attached hydrogen (secondary N) is 1. The zero-order chi connectivity index (χ0) is 11.3. The van der Waals surface area contributed by atoms with Crippen molar-refractivity contribution in [2.75, 3.05) is 13.7 Å². The second-order valence-electron chi connectivity index (χ2n) is 3.41. The second kappa shape index (κ2) is 6.20. The van der Waals surface area contributed by atoms with Crippen molar-refractivity contribution in [3.63, 3.8) is 0 Å². The van der Waals surface area contributed by atoms with Gasteiger partial charge in [-0.05, 0) is 30.7 Å².